The number of rotatable bonds is 5. The van der Waals surface area contributed by atoms with Crippen molar-refractivity contribution in [2.45, 2.75) is 26.0 Å². The lowest BCUT2D eigenvalue weighted by Gasteiger charge is -2.26. The van der Waals surface area contributed by atoms with E-state index in [2.05, 4.69) is 5.32 Å². The third-order valence-electron chi connectivity index (χ3n) is 3.77. The van der Waals surface area contributed by atoms with Gasteiger partial charge in [0.25, 0.3) is 5.91 Å². The van der Waals surface area contributed by atoms with Crippen LogP contribution < -0.4 is 19.5 Å². The second-order valence-electron chi connectivity index (χ2n) is 5.85. The van der Waals surface area contributed by atoms with Gasteiger partial charge in [0, 0.05) is 0 Å². The molecule has 0 spiro atoms. The van der Waals surface area contributed by atoms with Crippen molar-refractivity contribution in [2.24, 2.45) is 0 Å². The predicted octanol–water partition coefficient (Wildman–Crippen LogP) is 2.72. The van der Waals surface area contributed by atoms with Crippen LogP contribution in [0.4, 0.5) is 0 Å². The molecule has 5 heteroatoms. The Labute approximate surface area is 141 Å². The van der Waals surface area contributed by atoms with E-state index < -0.39 is 6.10 Å². The molecule has 1 aliphatic rings. The second kappa shape index (κ2) is 7.25. The highest BCUT2D eigenvalue weighted by molar-refractivity contribution is 5.82. The van der Waals surface area contributed by atoms with E-state index in [9.17, 15) is 4.79 Å². The normalized spacial score (nSPS) is 17.0. The number of hydrogen-bond donors (Lipinski definition) is 1. The van der Waals surface area contributed by atoms with Crippen LogP contribution in [0.5, 0.6) is 17.2 Å². The topological polar surface area (TPSA) is 56.8 Å². The third-order valence-corrected chi connectivity index (χ3v) is 3.77. The van der Waals surface area contributed by atoms with Crippen molar-refractivity contribution in [1.82, 2.24) is 5.32 Å². The van der Waals surface area contributed by atoms with Crippen LogP contribution >= 0.6 is 0 Å². The summed E-state index contributed by atoms with van der Waals surface area (Å²) < 4.78 is 17.0. The van der Waals surface area contributed by atoms with E-state index in [1.165, 1.54) is 0 Å². The predicted molar refractivity (Wildman–Crippen MR) is 90.6 cm³/mol. The summed E-state index contributed by atoms with van der Waals surface area (Å²) in [5, 5.41) is 2.90. The number of carbonyl (C=O) groups excluding carboxylic acids is 1. The molecule has 2 aromatic rings. The molecule has 1 amide bonds. The highest BCUT2D eigenvalue weighted by Gasteiger charge is 2.28. The SMILES string of the molecule is Cc1ccccc1OC[C@@H](C)NC(=O)[C@@H]1COc2ccccc2O1. The second-order valence-corrected chi connectivity index (χ2v) is 5.85. The molecule has 0 aliphatic carbocycles. The molecule has 126 valence electrons. The Kier molecular flexibility index (Phi) is 4.89. The molecule has 1 heterocycles. The summed E-state index contributed by atoms with van der Waals surface area (Å²) in [6.07, 6.45) is -0.652. The maximum atomic E-state index is 12.3. The van der Waals surface area contributed by atoms with Gasteiger partial charge in [0.1, 0.15) is 19.0 Å². The Hall–Kier alpha value is -2.69. The molecule has 0 bridgehead atoms. The average molecular weight is 327 g/mol. The Bertz CT molecular complexity index is 716. The van der Waals surface area contributed by atoms with Crippen LogP contribution in [0.3, 0.4) is 0 Å². The van der Waals surface area contributed by atoms with Crippen LogP contribution in [0.25, 0.3) is 0 Å². The highest BCUT2D eigenvalue weighted by Crippen LogP contribution is 2.30. The summed E-state index contributed by atoms with van der Waals surface area (Å²) >= 11 is 0. The zero-order valence-corrected chi connectivity index (χ0v) is 13.8. The fraction of sp³-hybridized carbons (Fsp3) is 0.316. The van der Waals surface area contributed by atoms with Crippen molar-refractivity contribution in [3.05, 3.63) is 54.1 Å². The lowest BCUT2D eigenvalue weighted by molar-refractivity contribution is -0.131. The van der Waals surface area contributed by atoms with Gasteiger partial charge in [0.2, 0.25) is 6.10 Å². The Balaban J connectivity index is 1.51. The van der Waals surface area contributed by atoms with Crippen LogP contribution in [0.1, 0.15) is 12.5 Å². The van der Waals surface area contributed by atoms with E-state index in [-0.39, 0.29) is 18.6 Å². The number of para-hydroxylation sites is 3. The lowest BCUT2D eigenvalue weighted by atomic mass is 10.2. The Morgan fingerprint density at radius 3 is 2.71 bits per heavy atom. The molecule has 0 saturated carbocycles. The van der Waals surface area contributed by atoms with Crippen molar-refractivity contribution in [1.29, 1.82) is 0 Å². The molecule has 0 saturated heterocycles. The summed E-state index contributed by atoms with van der Waals surface area (Å²) in [5.74, 6) is 1.88. The standard InChI is InChI=1S/C19H21NO4/c1-13-7-3-4-8-15(13)22-11-14(2)20-19(21)18-12-23-16-9-5-6-10-17(16)24-18/h3-10,14,18H,11-12H2,1-2H3,(H,20,21)/t14-,18+/m1/s1. The Morgan fingerprint density at radius 1 is 1.21 bits per heavy atom. The van der Waals surface area contributed by atoms with Gasteiger partial charge in [-0.05, 0) is 37.6 Å². The maximum absolute atomic E-state index is 12.3. The number of carbonyl (C=O) groups is 1. The van der Waals surface area contributed by atoms with Gasteiger partial charge in [-0.3, -0.25) is 4.79 Å². The largest absolute Gasteiger partial charge is 0.491 e. The number of amides is 1. The van der Waals surface area contributed by atoms with Crippen LogP contribution in [0, 0.1) is 6.92 Å². The molecule has 0 unspecified atom stereocenters. The van der Waals surface area contributed by atoms with Gasteiger partial charge < -0.3 is 19.5 Å². The first-order chi connectivity index (χ1) is 11.6. The van der Waals surface area contributed by atoms with E-state index in [4.69, 9.17) is 14.2 Å². The van der Waals surface area contributed by atoms with E-state index in [0.29, 0.717) is 18.1 Å². The molecule has 0 fully saturated rings. The van der Waals surface area contributed by atoms with Gasteiger partial charge in [0.05, 0.1) is 6.04 Å². The molecule has 0 aromatic heterocycles. The molecule has 24 heavy (non-hydrogen) atoms. The Morgan fingerprint density at radius 2 is 1.92 bits per heavy atom. The highest BCUT2D eigenvalue weighted by atomic mass is 16.6. The number of hydrogen-bond acceptors (Lipinski definition) is 4. The summed E-state index contributed by atoms with van der Waals surface area (Å²) in [4.78, 5) is 12.3. The number of aryl methyl sites for hydroxylation is 1. The fourth-order valence-electron chi connectivity index (χ4n) is 2.46. The first-order valence-electron chi connectivity index (χ1n) is 8.01. The van der Waals surface area contributed by atoms with Crippen molar-refractivity contribution >= 4 is 5.91 Å². The third kappa shape index (κ3) is 3.79. The summed E-state index contributed by atoms with van der Waals surface area (Å²) in [6.45, 7) is 4.48. The van der Waals surface area contributed by atoms with Crippen molar-refractivity contribution < 1.29 is 19.0 Å². The molecule has 3 rings (SSSR count). The fourth-order valence-corrected chi connectivity index (χ4v) is 2.46. The number of benzene rings is 2. The van der Waals surface area contributed by atoms with E-state index in [1.807, 2.05) is 56.3 Å². The first kappa shape index (κ1) is 16.2. The van der Waals surface area contributed by atoms with Gasteiger partial charge in [-0.15, -0.1) is 0 Å². The van der Waals surface area contributed by atoms with Gasteiger partial charge in [-0.1, -0.05) is 30.3 Å². The molecule has 1 aliphatic heterocycles. The lowest BCUT2D eigenvalue weighted by Crippen LogP contribution is -2.48. The molecular weight excluding hydrogens is 306 g/mol. The van der Waals surface area contributed by atoms with Gasteiger partial charge >= 0.3 is 0 Å². The molecule has 1 N–H and O–H groups in total. The first-order valence-corrected chi connectivity index (χ1v) is 8.01. The average Bonchev–Trinajstić information content (AvgIpc) is 2.60. The zero-order valence-electron chi connectivity index (χ0n) is 13.8. The molecule has 2 aromatic carbocycles. The van der Waals surface area contributed by atoms with Crippen LogP contribution in [0.15, 0.2) is 48.5 Å². The molecule has 5 nitrogen and oxygen atoms in total. The minimum Gasteiger partial charge on any atom is -0.491 e. The minimum atomic E-state index is -0.652. The van der Waals surface area contributed by atoms with Gasteiger partial charge in [0.15, 0.2) is 11.5 Å². The maximum Gasteiger partial charge on any atom is 0.265 e. The van der Waals surface area contributed by atoms with Crippen LogP contribution in [-0.2, 0) is 4.79 Å². The molecule has 0 radical (unpaired) electrons. The van der Waals surface area contributed by atoms with Crippen molar-refractivity contribution in [3.63, 3.8) is 0 Å². The molecular formula is C19H21NO4. The number of fused-ring (bicyclic) bond motifs is 1. The quantitative estimate of drug-likeness (QED) is 0.917. The van der Waals surface area contributed by atoms with Crippen LogP contribution in [-0.4, -0.2) is 31.3 Å². The number of nitrogens with one attached hydrogen (secondary N) is 1. The zero-order chi connectivity index (χ0) is 16.9. The summed E-state index contributed by atoms with van der Waals surface area (Å²) in [7, 11) is 0. The molecule has 2 atom stereocenters. The smallest absolute Gasteiger partial charge is 0.265 e. The summed E-state index contributed by atoms with van der Waals surface area (Å²) in [5.41, 5.74) is 1.07. The summed E-state index contributed by atoms with van der Waals surface area (Å²) in [6, 6.07) is 15.0. The van der Waals surface area contributed by atoms with Gasteiger partial charge in [-0.2, -0.15) is 0 Å². The van der Waals surface area contributed by atoms with Crippen molar-refractivity contribution in [2.75, 3.05) is 13.2 Å². The van der Waals surface area contributed by atoms with Crippen molar-refractivity contribution in [3.8, 4) is 17.2 Å². The van der Waals surface area contributed by atoms with Crippen LogP contribution in [0.2, 0.25) is 0 Å². The monoisotopic (exact) mass is 327 g/mol. The van der Waals surface area contributed by atoms with Gasteiger partial charge in [-0.25, -0.2) is 0 Å². The minimum absolute atomic E-state index is 0.141. The van der Waals surface area contributed by atoms with E-state index in [0.717, 1.165) is 11.3 Å². The van der Waals surface area contributed by atoms with E-state index in [1.54, 1.807) is 6.07 Å². The number of ether oxygens (including phenoxy) is 3. The van der Waals surface area contributed by atoms with E-state index >= 15 is 0 Å².